The molecule has 27 heavy (non-hydrogen) atoms. The van der Waals surface area contributed by atoms with Crippen molar-refractivity contribution >= 4 is 5.91 Å². The normalized spacial score (nSPS) is 14.7. The molecule has 0 spiro atoms. The second kappa shape index (κ2) is 9.45. The number of aromatic nitrogens is 1. The lowest BCUT2D eigenvalue weighted by Crippen LogP contribution is -2.37. The summed E-state index contributed by atoms with van der Waals surface area (Å²) in [5, 5.41) is 0. The summed E-state index contributed by atoms with van der Waals surface area (Å²) in [7, 11) is 1.68. The summed E-state index contributed by atoms with van der Waals surface area (Å²) in [4.78, 5) is 15.0. The van der Waals surface area contributed by atoms with E-state index in [-0.39, 0.29) is 11.8 Å². The molecule has 1 aliphatic carbocycles. The molecule has 3 rings (SSSR count). The first-order chi connectivity index (χ1) is 13.2. The lowest BCUT2D eigenvalue weighted by Gasteiger charge is -2.29. The van der Waals surface area contributed by atoms with E-state index in [9.17, 15) is 4.79 Å². The average Bonchev–Trinajstić information content (AvgIpc) is 3.14. The molecular formula is C23H30N2O2. The highest BCUT2D eigenvalue weighted by Crippen LogP contribution is 2.26. The third kappa shape index (κ3) is 5.03. The highest BCUT2D eigenvalue weighted by Gasteiger charge is 2.26. The summed E-state index contributed by atoms with van der Waals surface area (Å²) in [5.41, 5.74) is 2.32. The van der Waals surface area contributed by atoms with Crippen LogP contribution in [0.5, 0.6) is 5.75 Å². The minimum Gasteiger partial charge on any atom is -0.497 e. The Morgan fingerprint density at radius 2 is 2.07 bits per heavy atom. The maximum absolute atomic E-state index is 13.0. The number of ether oxygens (including phenoxy) is 1. The van der Waals surface area contributed by atoms with Crippen molar-refractivity contribution < 1.29 is 9.53 Å². The van der Waals surface area contributed by atoms with E-state index >= 15 is 0 Å². The third-order valence-electron chi connectivity index (χ3n) is 5.38. The van der Waals surface area contributed by atoms with Crippen LogP contribution in [0.25, 0.3) is 0 Å². The van der Waals surface area contributed by atoms with E-state index in [2.05, 4.69) is 35.5 Å². The molecule has 0 unspecified atom stereocenters. The molecule has 0 radical (unpaired) electrons. The Kier molecular flexibility index (Phi) is 6.74. The van der Waals surface area contributed by atoms with Crippen LogP contribution in [0.3, 0.4) is 0 Å². The molecule has 2 aromatic rings. The van der Waals surface area contributed by atoms with Gasteiger partial charge in [-0.15, -0.1) is 6.58 Å². The molecule has 4 heteroatoms. The maximum atomic E-state index is 13.0. The number of amides is 1. The summed E-state index contributed by atoms with van der Waals surface area (Å²) >= 11 is 0. The van der Waals surface area contributed by atoms with Gasteiger partial charge in [0.2, 0.25) is 5.91 Å². The summed E-state index contributed by atoms with van der Waals surface area (Å²) in [6.45, 7) is 5.84. The van der Waals surface area contributed by atoms with Crippen molar-refractivity contribution in [3.05, 3.63) is 66.5 Å². The number of rotatable bonds is 8. The minimum absolute atomic E-state index is 0.181. The number of carbonyl (C=O) groups is 1. The van der Waals surface area contributed by atoms with Crippen LogP contribution in [-0.2, 0) is 17.9 Å². The van der Waals surface area contributed by atoms with Crippen LogP contribution >= 0.6 is 0 Å². The number of hydrogen-bond acceptors (Lipinski definition) is 2. The van der Waals surface area contributed by atoms with E-state index in [4.69, 9.17) is 4.74 Å². The molecular weight excluding hydrogens is 336 g/mol. The molecule has 1 amide bonds. The average molecular weight is 367 g/mol. The van der Waals surface area contributed by atoms with Gasteiger partial charge in [-0.25, -0.2) is 0 Å². The van der Waals surface area contributed by atoms with E-state index in [1.165, 1.54) is 24.8 Å². The number of nitrogens with zero attached hydrogens (tertiary/aromatic N) is 2. The Labute approximate surface area is 162 Å². The molecule has 0 N–H and O–H groups in total. The minimum atomic E-state index is 0.181. The van der Waals surface area contributed by atoms with Crippen molar-refractivity contribution in [2.45, 2.75) is 45.2 Å². The van der Waals surface area contributed by atoms with Crippen LogP contribution in [0.15, 0.2) is 55.3 Å². The summed E-state index contributed by atoms with van der Waals surface area (Å²) < 4.78 is 7.53. The first-order valence-corrected chi connectivity index (χ1v) is 9.88. The lowest BCUT2D eigenvalue weighted by atomic mass is 9.88. The van der Waals surface area contributed by atoms with Gasteiger partial charge in [0.1, 0.15) is 5.75 Å². The third-order valence-corrected chi connectivity index (χ3v) is 5.38. The van der Waals surface area contributed by atoms with E-state index in [1.54, 1.807) is 7.11 Å². The molecule has 1 fully saturated rings. The molecule has 0 saturated heterocycles. The second-order valence-electron chi connectivity index (χ2n) is 7.32. The first kappa shape index (κ1) is 19.3. The standard InChI is InChI=1S/C23H30N2O2/c1-3-14-25(23(26)20-10-5-4-6-11-20)18-21-12-8-15-24(21)17-19-9-7-13-22(16-19)27-2/h3,7-9,12-13,15-16,20H,1,4-6,10-11,14,17-18H2,2H3. The van der Waals surface area contributed by atoms with Crippen molar-refractivity contribution in [1.82, 2.24) is 9.47 Å². The maximum Gasteiger partial charge on any atom is 0.226 e. The van der Waals surface area contributed by atoms with Crippen LogP contribution in [0.1, 0.15) is 43.4 Å². The molecule has 144 valence electrons. The highest BCUT2D eigenvalue weighted by atomic mass is 16.5. The second-order valence-corrected chi connectivity index (χ2v) is 7.32. The highest BCUT2D eigenvalue weighted by molar-refractivity contribution is 5.79. The van der Waals surface area contributed by atoms with Gasteiger partial charge in [0.05, 0.1) is 13.7 Å². The molecule has 0 bridgehead atoms. The Morgan fingerprint density at radius 3 is 2.81 bits per heavy atom. The zero-order valence-electron chi connectivity index (χ0n) is 16.3. The molecule has 0 aliphatic heterocycles. The predicted octanol–water partition coefficient (Wildman–Crippen LogP) is 4.64. The largest absolute Gasteiger partial charge is 0.497 e. The molecule has 0 atom stereocenters. The molecule has 1 heterocycles. The Hall–Kier alpha value is -2.49. The van der Waals surface area contributed by atoms with Crippen LogP contribution in [-0.4, -0.2) is 29.0 Å². The quantitative estimate of drug-likeness (QED) is 0.638. The monoisotopic (exact) mass is 366 g/mol. The zero-order valence-corrected chi connectivity index (χ0v) is 16.3. The van der Waals surface area contributed by atoms with Crippen molar-refractivity contribution in [2.75, 3.05) is 13.7 Å². The van der Waals surface area contributed by atoms with Crippen molar-refractivity contribution in [3.8, 4) is 5.75 Å². The van der Waals surface area contributed by atoms with Crippen LogP contribution in [0.2, 0.25) is 0 Å². The molecule has 1 aromatic heterocycles. The topological polar surface area (TPSA) is 34.5 Å². The van der Waals surface area contributed by atoms with E-state index < -0.39 is 0 Å². The smallest absolute Gasteiger partial charge is 0.226 e. The zero-order chi connectivity index (χ0) is 19.1. The Balaban J connectivity index is 1.72. The number of carbonyl (C=O) groups excluding carboxylic acids is 1. The first-order valence-electron chi connectivity index (χ1n) is 9.88. The summed E-state index contributed by atoms with van der Waals surface area (Å²) in [6.07, 6.45) is 9.56. The fourth-order valence-electron chi connectivity index (χ4n) is 3.91. The van der Waals surface area contributed by atoms with Gasteiger partial charge in [0.25, 0.3) is 0 Å². The molecule has 1 aromatic carbocycles. The summed E-state index contributed by atoms with van der Waals surface area (Å²) in [5.74, 6) is 1.33. The van der Waals surface area contributed by atoms with Gasteiger partial charge in [-0.2, -0.15) is 0 Å². The van der Waals surface area contributed by atoms with E-state index in [0.717, 1.165) is 30.8 Å². The lowest BCUT2D eigenvalue weighted by molar-refractivity contribution is -0.136. The molecule has 1 saturated carbocycles. The van der Waals surface area contributed by atoms with Gasteiger partial charge < -0.3 is 14.2 Å². The fourth-order valence-corrected chi connectivity index (χ4v) is 3.91. The fraction of sp³-hybridized carbons (Fsp3) is 0.435. The SMILES string of the molecule is C=CCN(Cc1cccn1Cc1cccc(OC)c1)C(=O)C1CCCCC1. The van der Waals surface area contributed by atoms with Crippen molar-refractivity contribution in [1.29, 1.82) is 0 Å². The van der Waals surface area contributed by atoms with Gasteiger partial charge >= 0.3 is 0 Å². The van der Waals surface area contributed by atoms with Crippen LogP contribution < -0.4 is 4.74 Å². The number of hydrogen-bond donors (Lipinski definition) is 0. The molecule has 4 nitrogen and oxygen atoms in total. The van der Waals surface area contributed by atoms with Gasteiger partial charge in [-0.3, -0.25) is 4.79 Å². The van der Waals surface area contributed by atoms with Crippen LogP contribution in [0.4, 0.5) is 0 Å². The van der Waals surface area contributed by atoms with E-state index in [1.807, 2.05) is 29.2 Å². The number of methoxy groups -OCH3 is 1. The van der Waals surface area contributed by atoms with Crippen LogP contribution in [0, 0.1) is 5.92 Å². The van der Waals surface area contributed by atoms with Gasteiger partial charge in [-0.05, 0) is 42.7 Å². The van der Waals surface area contributed by atoms with Gasteiger partial charge in [-0.1, -0.05) is 37.5 Å². The van der Waals surface area contributed by atoms with Crippen molar-refractivity contribution in [2.24, 2.45) is 5.92 Å². The van der Waals surface area contributed by atoms with Gasteiger partial charge in [0.15, 0.2) is 0 Å². The van der Waals surface area contributed by atoms with Crippen molar-refractivity contribution in [3.63, 3.8) is 0 Å². The van der Waals surface area contributed by atoms with E-state index in [0.29, 0.717) is 13.1 Å². The molecule has 1 aliphatic rings. The summed E-state index contributed by atoms with van der Waals surface area (Å²) in [6, 6.07) is 12.3. The van der Waals surface area contributed by atoms with Gasteiger partial charge in [0, 0.05) is 30.9 Å². The number of benzene rings is 1. The predicted molar refractivity (Wildman–Crippen MR) is 109 cm³/mol. The Bertz CT molecular complexity index is 759. The Morgan fingerprint density at radius 1 is 1.26 bits per heavy atom.